The van der Waals surface area contributed by atoms with E-state index in [0.717, 1.165) is 51.4 Å². The number of amides is 1. The molecule has 0 unspecified atom stereocenters. The third-order valence-electron chi connectivity index (χ3n) is 14.7. The van der Waals surface area contributed by atoms with Crippen molar-refractivity contribution in [2.45, 2.75) is 167 Å². The second-order valence-corrected chi connectivity index (χ2v) is 17.8. The van der Waals surface area contributed by atoms with Crippen molar-refractivity contribution < 1.29 is 48.1 Å². The average molecular weight is 755 g/mol. The van der Waals surface area contributed by atoms with Gasteiger partial charge in [-0.2, -0.15) is 0 Å². The molecule has 0 radical (unpaired) electrons. The highest BCUT2D eigenvalue weighted by molar-refractivity contribution is 5.88. The van der Waals surface area contributed by atoms with Gasteiger partial charge in [0.25, 0.3) is 0 Å². The highest BCUT2D eigenvalue weighted by atomic mass is 17.3. The predicted octanol–water partition coefficient (Wildman–Crippen LogP) is 8.90. The fourth-order valence-electron chi connectivity index (χ4n) is 11.8. The van der Waals surface area contributed by atoms with Crippen LogP contribution < -0.4 is 5.32 Å². The number of nitrogens with one attached hydrogen (secondary N) is 1. The standard InChI is InChI=1S/C40H56N2O10.C2H6/c1-22-12-14-30-24(3)32(44-34-39(30)28(22)16-18-37(5,46-34)49-51-39)20-27(42-48-36(43)41-26-10-8-7-9-11-26)21-33-25(4)31-15-13-23(2)29-17-19-38(6)47-35(45-33)40(29,31)52-50-38;1-2/h7-11,22-25,28-35H,12-21H2,1-6H3,(H,41,43);1-2H3/t22-,23-,24-,25-,28+,29+,30+,31+,32-,33-,34-,35-,37+,38+,39-,40-;/m1./s1. The van der Waals surface area contributed by atoms with Crippen LogP contribution in [0.25, 0.3) is 0 Å². The minimum atomic E-state index is -0.866. The molecule has 8 aliphatic heterocycles. The van der Waals surface area contributed by atoms with Crippen molar-refractivity contribution in [1.82, 2.24) is 0 Å². The Hall–Kier alpha value is -2.16. The molecular weight excluding hydrogens is 692 g/mol. The Balaban J connectivity index is 0.00000203. The number of nitrogens with zero attached hydrogens (tertiary/aromatic N) is 1. The number of hydrogen-bond acceptors (Lipinski definition) is 11. The summed E-state index contributed by atoms with van der Waals surface area (Å²) in [6.45, 7) is 17.0. The van der Waals surface area contributed by atoms with E-state index in [4.69, 9.17) is 43.3 Å². The Bertz CT molecular complexity index is 1470. The van der Waals surface area contributed by atoms with Gasteiger partial charge >= 0.3 is 6.09 Å². The maximum absolute atomic E-state index is 13.1. The molecule has 2 aliphatic carbocycles. The maximum Gasteiger partial charge on any atom is 0.437 e. The number of oxime groups is 1. The summed E-state index contributed by atoms with van der Waals surface area (Å²) in [6, 6.07) is 9.22. The maximum atomic E-state index is 13.1. The van der Waals surface area contributed by atoms with Gasteiger partial charge in [0.05, 0.1) is 17.9 Å². The zero-order valence-corrected chi connectivity index (χ0v) is 33.4. The summed E-state index contributed by atoms with van der Waals surface area (Å²) in [4.78, 5) is 43.6. The first kappa shape index (κ1) is 38.7. The van der Waals surface area contributed by atoms with Gasteiger partial charge in [0.2, 0.25) is 11.6 Å². The van der Waals surface area contributed by atoms with Gasteiger partial charge < -0.3 is 18.9 Å². The number of para-hydroxylation sites is 1. The van der Waals surface area contributed by atoms with Crippen molar-refractivity contribution in [3.05, 3.63) is 30.3 Å². The Morgan fingerprint density at radius 2 is 1.19 bits per heavy atom. The van der Waals surface area contributed by atoms with Crippen LogP contribution >= 0.6 is 0 Å². The van der Waals surface area contributed by atoms with E-state index in [2.05, 4.69) is 38.2 Å². The SMILES string of the molecule is CC.C[C@H]1[C@@H](CC(C[C@H]2O[C@@H]3O[C@]4(C)CC[C@H]5[C@H](C)CC[C@@H]([C@H]2C)[C@@]35OO4)=NOC(=O)Nc2ccccc2)O[C@@H]2O[C@]3(C)CC[C@H]4[C@H](C)CC[C@@H]1[C@@]24OO3. The summed E-state index contributed by atoms with van der Waals surface area (Å²) >= 11 is 0. The first-order valence-electron chi connectivity index (χ1n) is 20.9. The Morgan fingerprint density at radius 1 is 0.704 bits per heavy atom. The van der Waals surface area contributed by atoms with Crippen LogP contribution in [-0.2, 0) is 43.3 Å². The van der Waals surface area contributed by atoms with Gasteiger partial charge in [-0.3, -0.25) is 10.2 Å². The second-order valence-electron chi connectivity index (χ2n) is 17.8. The minimum Gasteiger partial charge on any atom is -0.345 e. The molecule has 12 heteroatoms. The third kappa shape index (κ3) is 6.35. The molecule has 2 saturated carbocycles. The molecule has 1 aromatic carbocycles. The number of ether oxygens (including phenoxy) is 4. The van der Waals surface area contributed by atoms with E-state index < -0.39 is 41.4 Å². The quantitative estimate of drug-likeness (QED) is 0.130. The van der Waals surface area contributed by atoms with Crippen LogP contribution in [0.2, 0.25) is 0 Å². The van der Waals surface area contributed by atoms with Gasteiger partial charge in [-0.25, -0.2) is 24.3 Å². The summed E-state index contributed by atoms with van der Waals surface area (Å²) in [5.41, 5.74) is -0.00564. The van der Waals surface area contributed by atoms with Crippen LogP contribution in [0.3, 0.4) is 0 Å². The molecule has 54 heavy (non-hydrogen) atoms. The van der Waals surface area contributed by atoms with Gasteiger partial charge in [-0.15, -0.1) is 0 Å². The van der Waals surface area contributed by atoms with Gasteiger partial charge in [0.1, 0.15) is 0 Å². The molecule has 300 valence electrons. The fourth-order valence-corrected chi connectivity index (χ4v) is 11.8. The van der Waals surface area contributed by atoms with Crippen LogP contribution in [-0.4, -0.2) is 59.4 Å². The van der Waals surface area contributed by atoms with E-state index in [1.165, 1.54) is 0 Å². The van der Waals surface area contributed by atoms with Gasteiger partial charge in [-0.1, -0.05) is 64.9 Å². The highest BCUT2D eigenvalue weighted by Crippen LogP contribution is 2.62. The third-order valence-corrected chi connectivity index (χ3v) is 14.7. The van der Waals surface area contributed by atoms with Crippen molar-refractivity contribution in [3.8, 4) is 0 Å². The summed E-state index contributed by atoms with van der Waals surface area (Å²) in [5.74, 6) is 0.303. The monoisotopic (exact) mass is 754 g/mol. The summed E-state index contributed by atoms with van der Waals surface area (Å²) in [6.07, 6.45) is 6.23. The Labute approximate surface area is 320 Å². The number of anilines is 1. The van der Waals surface area contributed by atoms with E-state index >= 15 is 0 Å². The number of rotatable bonds is 6. The van der Waals surface area contributed by atoms with Crippen LogP contribution in [0.1, 0.15) is 120 Å². The van der Waals surface area contributed by atoms with E-state index in [1.807, 2.05) is 58.0 Å². The van der Waals surface area contributed by atoms with E-state index in [0.29, 0.717) is 36.1 Å². The fraction of sp³-hybridized carbons (Fsp3) is 0.810. The lowest BCUT2D eigenvalue weighted by Gasteiger charge is -2.61. The predicted molar refractivity (Wildman–Crippen MR) is 198 cm³/mol. The zero-order valence-electron chi connectivity index (χ0n) is 33.4. The number of carbonyl (C=O) groups is 1. The normalized spacial score (nSPS) is 48.4. The summed E-state index contributed by atoms with van der Waals surface area (Å²) < 4.78 is 27.3. The molecule has 10 aliphatic rings. The van der Waals surface area contributed by atoms with E-state index in [-0.39, 0.29) is 47.7 Å². The number of benzene rings is 1. The molecule has 8 heterocycles. The smallest absolute Gasteiger partial charge is 0.345 e. The molecule has 0 aromatic heterocycles. The molecule has 10 fully saturated rings. The van der Waals surface area contributed by atoms with Crippen LogP contribution in [0.5, 0.6) is 0 Å². The molecule has 8 saturated heterocycles. The Morgan fingerprint density at radius 3 is 1.67 bits per heavy atom. The largest absolute Gasteiger partial charge is 0.437 e. The van der Waals surface area contributed by atoms with E-state index in [9.17, 15) is 4.79 Å². The lowest BCUT2D eigenvalue weighted by molar-refractivity contribution is -0.571. The van der Waals surface area contributed by atoms with Crippen molar-refractivity contribution in [2.75, 3.05) is 5.32 Å². The minimum absolute atomic E-state index is 0.101. The molecule has 2 spiro atoms. The van der Waals surface area contributed by atoms with Crippen molar-refractivity contribution >= 4 is 17.5 Å². The molecule has 1 N–H and O–H groups in total. The summed E-state index contributed by atoms with van der Waals surface area (Å²) in [7, 11) is 0. The first-order valence-corrected chi connectivity index (χ1v) is 20.9. The van der Waals surface area contributed by atoms with Crippen LogP contribution in [0, 0.1) is 47.3 Å². The second kappa shape index (κ2) is 14.7. The van der Waals surface area contributed by atoms with E-state index in [1.54, 1.807) is 0 Å². The topological polar surface area (TPSA) is 125 Å². The average Bonchev–Trinajstić information content (AvgIpc) is 3.54. The molecule has 16 atom stereocenters. The number of fused-ring (bicyclic) bond motifs is 4. The van der Waals surface area contributed by atoms with Gasteiger partial charge in [-0.05, 0) is 100 Å². The molecule has 11 rings (SSSR count). The Kier molecular flexibility index (Phi) is 10.5. The number of hydrogen-bond donors (Lipinski definition) is 1. The number of carbonyl (C=O) groups excluding carboxylic acids is 1. The highest BCUT2D eigenvalue weighted by Gasteiger charge is 2.71. The zero-order chi connectivity index (χ0) is 38.0. The van der Waals surface area contributed by atoms with Crippen molar-refractivity contribution in [1.29, 1.82) is 0 Å². The van der Waals surface area contributed by atoms with Crippen molar-refractivity contribution in [3.63, 3.8) is 0 Å². The first-order chi connectivity index (χ1) is 25.9. The molecular formula is C42H62N2O10. The molecule has 4 bridgehead atoms. The lowest BCUT2D eigenvalue weighted by Crippen LogP contribution is -2.70. The molecule has 12 nitrogen and oxygen atoms in total. The lowest BCUT2D eigenvalue weighted by atomic mass is 9.57. The van der Waals surface area contributed by atoms with Gasteiger partial charge in [0, 0.05) is 43.2 Å². The molecule has 1 amide bonds. The van der Waals surface area contributed by atoms with Crippen LogP contribution in [0.15, 0.2) is 35.5 Å². The summed E-state index contributed by atoms with van der Waals surface area (Å²) in [5, 5.41) is 7.36. The van der Waals surface area contributed by atoms with Gasteiger partial charge in [0.15, 0.2) is 23.8 Å². The van der Waals surface area contributed by atoms with Crippen molar-refractivity contribution in [2.24, 2.45) is 52.5 Å². The van der Waals surface area contributed by atoms with Crippen LogP contribution in [0.4, 0.5) is 10.5 Å². The molecule has 1 aromatic rings.